The monoisotopic (exact) mass is 382 g/mol. The molecule has 0 aliphatic heterocycles. The van der Waals surface area contributed by atoms with Gasteiger partial charge in [-0.25, -0.2) is 0 Å². The van der Waals surface area contributed by atoms with E-state index in [0.717, 1.165) is 11.3 Å². The van der Waals surface area contributed by atoms with E-state index < -0.39 is 0 Å². The Hall–Kier alpha value is -1.63. The highest BCUT2D eigenvalue weighted by molar-refractivity contribution is 14.1. The van der Waals surface area contributed by atoms with Gasteiger partial charge in [0.2, 0.25) is 0 Å². The van der Waals surface area contributed by atoms with Gasteiger partial charge in [0, 0.05) is 27.4 Å². The molecule has 0 unspecified atom stereocenters. The fourth-order valence-corrected chi connectivity index (χ4v) is 2.38. The highest BCUT2D eigenvalue weighted by Gasteiger charge is 2.10. The minimum absolute atomic E-state index is 0.169. The molecule has 1 N–H and O–H groups in total. The summed E-state index contributed by atoms with van der Waals surface area (Å²) in [6.07, 6.45) is 0. The predicted octanol–water partition coefficient (Wildman–Crippen LogP) is 4.43. The quantitative estimate of drug-likeness (QED) is 0.484. The van der Waals surface area contributed by atoms with Gasteiger partial charge in [0.1, 0.15) is 0 Å². The van der Waals surface area contributed by atoms with E-state index in [0.29, 0.717) is 12.1 Å². The fourth-order valence-electron chi connectivity index (χ4n) is 1.87. The number of anilines is 1. The van der Waals surface area contributed by atoms with Crippen molar-refractivity contribution in [2.24, 2.45) is 0 Å². The number of nitro groups is 1. The van der Waals surface area contributed by atoms with Crippen molar-refractivity contribution in [3.63, 3.8) is 0 Å². The molecule has 0 aliphatic carbocycles. The topological polar surface area (TPSA) is 55.2 Å². The van der Waals surface area contributed by atoms with Gasteiger partial charge in [-0.1, -0.05) is 18.2 Å². The smallest absolute Gasteiger partial charge is 0.272 e. The first-order valence-corrected chi connectivity index (χ1v) is 7.29. The summed E-state index contributed by atoms with van der Waals surface area (Å²) in [7, 11) is 0. The molecule has 0 spiro atoms. The molecule has 2 aromatic rings. The zero-order valence-electron chi connectivity index (χ0n) is 11.3. The molecular formula is C15H15IN2O2. The Morgan fingerprint density at radius 2 is 1.85 bits per heavy atom. The highest BCUT2D eigenvalue weighted by atomic mass is 127. The van der Waals surface area contributed by atoms with Crippen molar-refractivity contribution >= 4 is 34.0 Å². The lowest BCUT2D eigenvalue weighted by Crippen LogP contribution is -2.01. The first-order valence-electron chi connectivity index (χ1n) is 6.21. The van der Waals surface area contributed by atoms with Gasteiger partial charge in [0.05, 0.1) is 4.92 Å². The molecule has 0 atom stereocenters. The second-order valence-electron chi connectivity index (χ2n) is 4.70. The van der Waals surface area contributed by atoms with Crippen LogP contribution in [0.2, 0.25) is 0 Å². The summed E-state index contributed by atoms with van der Waals surface area (Å²) in [4.78, 5) is 10.6. The van der Waals surface area contributed by atoms with E-state index in [2.05, 4.69) is 47.0 Å². The van der Waals surface area contributed by atoms with Gasteiger partial charge in [-0.15, -0.1) is 0 Å². The molecule has 0 aliphatic rings. The number of nitrogens with one attached hydrogen (secondary N) is 1. The molecule has 0 saturated heterocycles. The van der Waals surface area contributed by atoms with Crippen LogP contribution in [0.1, 0.15) is 16.7 Å². The van der Waals surface area contributed by atoms with Crippen molar-refractivity contribution in [2.45, 2.75) is 20.4 Å². The van der Waals surface area contributed by atoms with Crippen molar-refractivity contribution in [3.05, 3.63) is 66.8 Å². The maximum atomic E-state index is 10.9. The SMILES string of the molecule is Cc1ccc(NCc2ccc(C)c([N+](=O)[O-])c2)cc1I. The Balaban J connectivity index is 2.12. The normalized spacial score (nSPS) is 10.3. The molecule has 104 valence electrons. The van der Waals surface area contributed by atoms with E-state index in [4.69, 9.17) is 0 Å². The third kappa shape index (κ3) is 3.47. The standard InChI is InChI=1S/C15H15IN2O2/c1-10-4-6-13(8-14(10)16)17-9-12-5-3-11(2)15(7-12)18(19)20/h3-8,17H,9H2,1-2H3. The minimum atomic E-state index is -0.340. The third-order valence-electron chi connectivity index (χ3n) is 3.14. The Bertz CT molecular complexity index is 656. The van der Waals surface area contributed by atoms with Crippen molar-refractivity contribution in [2.75, 3.05) is 5.32 Å². The van der Waals surface area contributed by atoms with Gasteiger partial charge < -0.3 is 5.32 Å². The van der Waals surface area contributed by atoms with Crippen molar-refractivity contribution in [1.29, 1.82) is 0 Å². The fraction of sp³-hybridized carbons (Fsp3) is 0.200. The van der Waals surface area contributed by atoms with Crippen LogP contribution in [0.15, 0.2) is 36.4 Å². The van der Waals surface area contributed by atoms with E-state index in [9.17, 15) is 10.1 Å². The van der Waals surface area contributed by atoms with E-state index in [1.807, 2.05) is 12.1 Å². The van der Waals surface area contributed by atoms with E-state index in [-0.39, 0.29) is 10.6 Å². The van der Waals surface area contributed by atoms with Crippen molar-refractivity contribution in [3.8, 4) is 0 Å². The van der Waals surface area contributed by atoms with Crippen LogP contribution in [0, 0.1) is 27.5 Å². The summed E-state index contributed by atoms with van der Waals surface area (Å²) in [5.74, 6) is 0. The summed E-state index contributed by atoms with van der Waals surface area (Å²) in [6.45, 7) is 4.38. The number of nitro benzene ring substituents is 1. The van der Waals surface area contributed by atoms with Gasteiger partial charge in [-0.2, -0.15) is 0 Å². The Kier molecular flexibility index (Phi) is 4.59. The van der Waals surface area contributed by atoms with Gasteiger partial charge in [-0.3, -0.25) is 10.1 Å². The zero-order chi connectivity index (χ0) is 14.7. The molecular weight excluding hydrogens is 367 g/mol. The molecule has 0 saturated carbocycles. The van der Waals surface area contributed by atoms with Gasteiger partial charge in [0.25, 0.3) is 5.69 Å². The Morgan fingerprint density at radius 3 is 2.50 bits per heavy atom. The van der Waals surface area contributed by atoms with E-state index in [1.54, 1.807) is 19.1 Å². The van der Waals surface area contributed by atoms with Crippen molar-refractivity contribution < 1.29 is 4.92 Å². The van der Waals surface area contributed by atoms with Crippen LogP contribution in [-0.2, 0) is 6.54 Å². The molecule has 2 aromatic carbocycles. The van der Waals surface area contributed by atoms with Gasteiger partial charge in [-0.05, 0) is 59.7 Å². The number of nitrogens with zero attached hydrogens (tertiary/aromatic N) is 1. The number of hydrogen-bond donors (Lipinski definition) is 1. The van der Waals surface area contributed by atoms with Crippen LogP contribution in [0.5, 0.6) is 0 Å². The van der Waals surface area contributed by atoms with Gasteiger partial charge >= 0.3 is 0 Å². The lowest BCUT2D eigenvalue weighted by Gasteiger charge is -2.09. The third-order valence-corrected chi connectivity index (χ3v) is 4.30. The zero-order valence-corrected chi connectivity index (χ0v) is 13.5. The van der Waals surface area contributed by atoms with Crippen molar-refractivity contribution in [1.82, 2.24) is 0 Å². The molecule has 20 heavy (non-hydrogen) atoms. The maximum absolute atomic E-state index is 10.9. The summed E-state index contributed by atoms with van der Waals surface area (Å²) < 4.78 is 1.20. The summed E-state index contributed by atoms with van der Waals surface area (Å²) >= 11 is 2.29. The van der Waals surface area contributed by atoms with Crippen LogP contribution in [-0.4, -0.2) is 4.92 Å². The molecule has 2 rings (SSSR count). The number of hydrogen-bond acceptors (Lipinski definition) is 3. The Morgan fingerprint density at radius 1 is 1.15 bits per heavy atom. The van der Waals surface area contributed by atoms with E-state index >= 15 is 0 Å². The van der Waals surface area contributed by atoms with Crippen LogP contribution >= 0.6 is 22.6 Å². The molecule has 4 nitrogen and oxygen atoms in total. The van der Waals surface area contributed by atoms with Crippen LogP contribution in [0.4, 0.5) is 11.4 Å². The first-order chi connectivity index (χ1) is 9.47. The molecule has 0 heterocycles. The molecule has 5 heteroatoms. The largest absolute Gasteiger partial charge is 0.381 e. The number of halogens is 1. The number of benzene rings is 2. The molecule has 0 fully saturated rings. The molecule has 0 aromatic heterocycles. The van der Waals surface area contributed by atoms with Crippen LogP contribution in [0.3, 0.4) is 0 Å². The minimum Gasteiger partial charge on any atom is -0.381 e. The second-order valence-corrected chi connectivity index (χ2v) is 5.86. The summed E-state index contributed by atoms with van der Waals surface area (Å²) in [5, 5.41) is 14.2. The summed E-state index contributed by atoms with van der Waals surface area (Å²) in [6, 6.07) is 11.5. The summed E-state index contributed by atoms with van der Waals surface area (Å²) in [5.41, 5.74) is 4.01. The predicted molar refractivity (Wildman–Crippen MR) is 89.1 cm³/mol. The second kappa shape index (κ2) is 6.21. The van der Waals surface area contributed by atoms with E-state index in [1.165, 1.54) is 9.13 Å². The lowest BCUT2D eigenvalue weighted by molar-refractivity contribution is -0.385. The molecule has 0 bridgehead atoms. The van der Waals surface area contributed by atoms with Crippen LogP contribution < -0.4 is 5.32 Å². The Labute approximate surface area is 131 Å². The first kappa shape index (κ1) is 14.8. The average molecular weight is 382 g/mol. The molecule has 0 radical (unpaired) electrons. The number of rotatable bonds is 4. The average Bonchev–Trinajstić information content (AvgIpc) is 2.41. The van der Waals surface area contributed by atoms with Crippen LogP contribution in [0.25, 0.3) is 0 Å². The maximum Gasteiger partial charge on any atom is 0.272 e. The lowest BCUT2D eigenvalue weighted by atomic mass is 10.1. The van der Waals surface area contributed by atoms with Gasteiger partial charge in [0.15, 0.2) is 0 Å². The highest BCUT2D eigenvalue weighted by Crippen LogP contribution is 2.21. The molecule has 0 amide bonds. The number of aryl methyl sites for hydroxylation is 2.